The second-order valence-corrected chi connectivity index (χ2v) is 7.10. The van der Waals surface area contributed by atoms with Crippen molar-refractivity contribution >= 4 is 6.03 Å². The molecule has 0 bridgehead atoms. The summed E-state index contributed by atoms with van der Waals surface area (Å²) in [4.78, 5) is 22.7. The molecule has 1 saturated heterocycles. The zero-order valence-electron chi connectivity index (χ0n) is 15.0. The molecule has 0 radical (unpaired) electrons. The van der Waals surface area contributed by atoms with E-state index in [2.05, 4.69) is 41.2 Å². The van der Waals surface area contributed by atoms with Gasteiger partial charge in [0.2, 0.25) is 11.7 Å². The Kier molecular flexibility index (Phi) is 5.31. The highest BCUT2D eigenvalue weighted by Gasteiger charge is 2.36. The van der Waals surface area contributed by atoms with Gasteiger partial charge in [-0.05, 0) is 30.4 Å². The number of nitrogens with zero attached hydrogens (tertiary/aromatic N) is 4. The van der Waals surface area contributed by atoms with Crippen LogP contribution in [0, 0.1) is 11.8 Å². The van der Waals surface area contributed by atoms with Gasteiger partial charge in [-0.3, -0.25) is 4.98 Å². The average molecular weight is 343 g/mol. The van der Waals surface area contributed by atoms with Crippen molar-refractivity contribution in [3.8, 4) is 11.4 Å². The molecule has 1 N–H and O–H groups in total. The number of rotatable bonds is 5. The van der Waals surface area contributed by atoms with E-state index in [-0.39, 0.29) is 17.9 Å². The molecule has 1 aliphatic heterocycles. The van der Waals surface area contributed by atoms with E-state index in [4.69, 9.17) is 4.52 Å². The molecule has 3 heterocycles. The lowest BCUT2D eigenvalue weighted by Gasteiger charge is -2.17. The highest BCUT2D eigenvalue weighted by Crippen LogP contribution is 2.32. The summed E-state index contributed by atoms with van der Waals surface area (Å²) in [5, 5.41) is 7.06. The Balaban J connectivity index is 1.62. The highest BCUT2D eigenvalue weighted by atomic mass is 16.5. The third-order valence-electron chi connectivity index (χ3n) is 4.59. The van der Waals surface area contributed by atoms with E-state index in [1.165, 1.54) is 0 Å². The Bertz CT molecular complexity index is 701. The monoisotopic (exact) mass is 343 g/mol. The second-order valence-electron chi connectivity index (χ2n) is 7.10. The molecule has 2 atom stereocenters. The molecule has 2 amide bonds. The minimum absolute atomic E-state index is 0.0103. The van der Waals surface area contributed by atoms with Gasteiger partial charge in [0.1, 0.15) is 0 Å². The zero-order valence-corrected chi connectivity index (χ0v) is 15.0. The van der Waals surface area contributed by atoms with Crippen LogP contribution in [0.1, 0.15) is 39.0 Å². The van der Waals surface area contributed by atoms with Crippen LogP contribution in [0.5, 0.6) is 0 Å². The fourth-order valence-electron chi connectivity index (χ4n) is 3.04. The first-order valence-electron chi connectivity index (χ1n) is 8.81. The Morgan fingerprint density at radius 3 is 2.84 bits per heavy atom. The Labute approximate surface area is 147 Å². The molecule has 7 nitrogen and oxygen atoms in total. The Morgan fingerprint density at radius 1 is 1.36 bits per heavy atom. The maximum Gasteiger partial charge on any atom is 0.317 e. The quantitative estimate of drug-likeness (QED) is 0.902. The Hall–Kier alpha value is -2.44. The largest absolute Gasteiger partial charge is 0.339 e. The smallest absolute Gasteiger partial charge is 0.317 e. The maximum atomic E-state index is 12.3. The van der Waals surface area contributed by atoms with Gasteiger partial charge in [0.05, 0.1) is 5.92 Å². The predicted molar refractivity (Wildman–Crippen MR) is 93.9 cm³/mol. The van der Waals surface area contributed by atoms with Crippen molar-refractivity contribution in [1.82, 2.24) is 25.3 Å². The molecule has 0 saturated carbocycles. The fraction of sp³-hybridized carbons (Fsp3) is 0.556. The molecule has 7 heteroatoms. The molecular formula is C18H25N5O2. The van der Waals surface area contributed by atoms with E-state index in [9.17, 15) is 4.79 Å². The van der Waals surface area contributed by atoms with Gasteiger partial charge in [0, 0.05) is 37.6 Å². The van der Waals surface area contributed by atoms with E-state index in [1.54, 1.807) is 12.4 Å². The van der Waals surface area contributed by atoms with Crippen LogP contribution in [0.3, 0.4) is 0 Å². The van der Waals surface area contributed by atoms with Gasteiger partial charge in [-0.1, -0.05) is 25.9 Å². The number of likely N-dealkylation sites (tertiary alicyclic amines) is 1. The van der Waals surface area contributed by atoms with Crippen LogP contribution >= 0.6 is 0 Å². The zero-order chi connectivity index (χ0) is 17.8. The van der Waals surface area contributed by atoms with Crippen LogP contribution in [0.25, 0.3) is 11.4 Å². The summed E-state index contributed by atoms with van der Waals surface area (Å²) in [5.41, 5.74) is 0.874. The number of carbonyl (C=O) groups excluding carboxylic acids is 1. The summed E-state index contributed by atoms with van der Waals surface area (Å²) in [5.74, 6) is 2.08. The van der Waals surface area contributed by atoms with E-state index in [0.717, 1.165) is 12.0 Å². The van der Waals surface area contributed by atoms with Gasteiger partial charge in [0.25, 0.3) is 0 Å². The number of carbonyl (C=O) groups is 1. The van der Waals surface area contributed by atoms with Gasteiger partial charge in [-0.15, -0.1) is 0 Å². The van der Waals surface area contributed by atoms with Gasteiger partial charge < -0.3 is 14.7 Å². The Morgan fingerprint density at radius 2 is 2.12 bits per heavy atom. The first kappa shape index (κ1) is 17.4. The van der Waals surface area contributed by atoms with Crippen LogP contribution in [0.2, 0.25) is 0 Å². The van der Waals surface area contributed by atoms with Crippen molar-refractivity contribution in [2.24, 2.45) is 11.8 Å². The van der Waals surface area contributed by atoms with Crippen LogP contribution in [-0.2, 0) is 0 Å². The number of hydrogen-bond acceptors (Lipinski definition) is 5. The maximum absolute atomic E-state index is 12.3. The van der Waals surface area contributed by atoms with Crippen LogP contribution in [0.15, 0.2) is 29.0 Å². The molecule has 1 fully saturated rings. The SMILES string of the molecule is CC(C)CCNC(=O)N1C[C@H](c2nc(-c3ccncc3)no2)[C@@H](C)C1. The molecule has 0 aliphatic carbocycles. The van der Waals surface area contributed by atoms with Gasteiger partial charge in [-0.25, -0.2) is 4.79 Å². The molecular weight excluding hydrogens is 318 g/mol. The van der Waals surface area contributed by atoms with Crippen molar-refractivity contribution in [3.05, 3.63) is 30.4 Å². The standard InChI is InChI=1S/C18H25N5O2/c1-12(2)4-9-20-18(24)23-10-13(3)15(11-23)17-21-16(22-25-17)14-5-7-19-8-6-14/h5-8,12-13,15H,4,9-11H2,1-3H3,(H,20,24)/t13-,15-/m0/s1. The first-order chi connectivity index (χ1) is 12.0. The molecule has 0 unspecified atom stereocenters. The molecule has 0 aromatic carbocycles. The van der Waals surface area contributed by atoms with Crippen LogP contribution in [0.4, 0.5) is 4.79 Å². The topological polar surface area (TPSA) is 84.2 Å². The summed E-state index contributed by atoms with van der Waals surface area (Å²) in [6, 6.07) is 3.69. The van der Waals surface area contributed by atoms with Crippen molar-refractivity contribution < 1.29 is 9.32 Å². The molecule has 0 spiro atoms. The summed E-state index contributed by atoms with van der Waals surface area (Å²) < 4.78 is 5.47. The lowest BCUT2D eigenvalue weighted by atomic mass is 9.98. The molecule has 25 heavy (non-hydrogen) atoms. The highest BCUT2D eigenvalue weighted by molar-refractivity contribution is 5.74. The molecule has 2 aromatic rings. The summed E-state index contributed by atoms with van der Waals surface area (Å²) >= 11 is 0. The number of hydrogen-bond donors (Lipinski definition) is 1. The number of pyridine rings is 1. The van der Waals surface area contributed by atoms with Crippen molar-refractivity contribution in [2.75, 3.05) is 19.6 Å². The number of nitrogens with one attached hydrogen (secondary N) is 1. The van der Waals surface area contributed by atoms with Crippen molar-refractivity contribution in [2.45, 2.75) is 33.1 Å². The number of amides is 2. The fourth-order valence-corrected chi connectivity index (χ4v) is 3.04. The van der Waals surface area contributed by atoms with Gasteiger partial charge >= 0.3 is 6.03 Å². The molecule has 2 aromatic heterocycles. The van der Waals surface area contributed by atoms with Crippen LogP contribution < -0.4 is 5.32 Å². The summed E-state index contributed by atoms with van der Waals surface area (Å²) in [6.07, 6.45) is 4.39. The van der Waals surface area contributed by atoms with Gasteiger partial charge in [0.15, 0.2) is 0 Å². The van der Waals surface area contributed by atoms with Crippen molar-refractivity contribution in [1.29, 1.82) is 0 Å². The van der Waals surface area contributed by atoms with E-state index in [0.29, 0.717) is 37.3 Å². The van der Waals surface area contributed by atoms with E-state index in [1.807, 2.05) is 17.0 Å². The van der Waals surface area contributed by atoms with Crippen LogP contribution in [-0.4, -0.2) is 45.7 Å². The lowest BCUT2D eigenvalue weighted by Crippen LogP contribution is -2.39. The molecule has 3 rings (SSSR count). The van der Waals surface area contributed by atoms with E-state index < -0.39 is 0 Å². The summed E-state index contributed by atoms with van der Waals surface area (Å²) in [6.45, 7) is 8.42. The van der Waals surface area contributed by atoms with E-state index >= 15 is 0 Å². The normalized spacial score (nSPS) is 20.2. The molecule has 1 aliphatic rings. The second kappa shape index (κ2) is 7.63. The minimum atomic E-state index is -0.0103. The average Bonchev–Trinajstić information content (AvgIpc) is 3.22. The third kappa shape index (κ3) is 4.15. The number of aromatic nitrogens is 3. The third-order valence-corrected chi connectivity index (χ3v) is 4.59. The lowest BCUT2D eigenvalue weighted by molar-refractivity contribution is 0.206. The molecule has 134 valence electrons. The minimum Gasteiger partial charge on any atom is -0.339 e. The van der Waals surface area contributed by atoms with Crippen molar-refractivity contribution in [3.63, 3.8) is 0 Å². The number of urea groups is 1. The van der Waals surface area contributed by atoms with Gasteiger partial charge in [-0.2, -0.15) is 4.98 Å². The predicted octanol–water partition coefficient (Wildman–Crippen LogP) is 2.92. The first-order valence-corrected chi connectivity index (χ1v) is 8.81. The summed E-state index contributed by atoms with van der Waals surface area (Å²) in [7, 11) is 0.